The van der Waals surface area contributed by atoms with Gasteiger partial charge in [0, 0.05) is 12.8 Å². The van der Waals surface area contributed by atoms with Crippen molar-refractivity contribution in [3.05, 3.63) is 158 Å². The van der Waals surface area contributed by atoms with E-state index in [1.165, 1.54) is 180 Å². The van der Waals surface area contributed by atoms with Crippen molar-refractivity contribution in [1.29, 1.82) is 0 Å². The maximum absolute atomic E-state index is 12.9. The summed E-state index contributed by atoms with van der Waals surface area (Å²) in [5, 5.41) is 11.9. The Morgan fingerprint density at radius 3 is 0.907 bits per heavy atom. The fourth-order valence-corrected chi connectivity index (χ4v) is 10.8. The molecule has 0 saturated heterocycles. The summed E-state index contributed by atoms with van der Waals surface area (Å²) < 4.78 is 22.8. The minimum atomic E-state index is -1.64. The number of nitrogens with zero attached hydrogens (tertiary/aromatic N) is 1. The highest BCUT2D eigenvalue weighted by molar-refractivity contribution is 5.70. The Labute approximate surface area is 597 Å². The summed E-state index contributed by atoms with van der Waals surface area (Å²) in [5.74, 6) is -2.35. The SMILES string of the molecule is CC/C=C\C/C=C\C/C=C\C/C=C\C/C=C\C/C=C\C/C=C\C/C=C\C/C=C\C/C=C\C/C=C\C/C=C\CCCCC(=O)OC(COC(=O)CCCCCCCCCCCCCCCCCCCCCCC/C=C\CCCCCCCCCC)COC(OCC[N+](C)(C)C)C(=O)[O-]. The first kappa shape index (κ1) is 91.9. The molecule has 552 valence electrons. The first-order valence-corrected chi connectivity index (χ1v) is 39.6. The second kappa shape index (κ2) is 76.7. The van der Waals surface area contributed by atoms with E-state index in [1.54, 1.807) is 0 Å². The highest BCUT2D eigenvalue weighted by atomic mass is 16.7. The summed E-state index contributed by atoms with van der Waals surface area (Å²) in [5.41, 5.74) is 0. The number of carboxylic acid groups (broad SMARTS) is 1. The van der Waals surface area contributed by atoms with E-state index in [-0.39, 0.29) is 38.6 Å². The molecule has 9 heteroatoms. The molecule has 0 spiro atoms. The Balaban J connectivity index is 4.17. The summed E-state index contributed by atoms with van der Waals surface area (Å²) in [6.07, 6.45) is 111. The summed E-state index contributed by atoms with van der Waals surface area (Å²) >= 11 is 0. The van der Waals surface area contributed by atoms with Gasteiger partial charge in [0.25, 0.3) is 0 Å². The number of esters is 2. The van der Waals surface area contributed by atoms with Gasteiger partial charge in [-0.2, -0.15) is 0 Å². The van der Waals surface area contributed by atoms with Gasteiger partial charge in [0.2, 0.25) is 0 Å². The van der Waals surface area contributed by atoms with Crippen LogP contribution in [0.1, 0.15) is 322 Å². The van der Waals surface area contributed by atoms with E-state index in [2.05, 4.69) is 172 Å². The molecule has 2 atom stereocenters. The van der Waals surface area contributed by atoms with E-state index in [1.807, 2.05) is 21.1 Å². The van der Waals surface area contributed by atoms with Gasteiger partial charge < -0.3 is 33.3 Å². The molecule has 0 amide bonds. The zero-order chi connectivity index (χ0) is 70.4. The van der Waals surface area contributed by atoms with Crippen LogP contribution in [-0.4, -0.2) is 82.3 Å². The lowest BCUT2D eigenvalue weighted by Gasteiger charge is -2.26. The molecule has 0 aliphatic carbocycles. The van der Waals surface area contributed by atoms with Gasteiger partial charge in [0.1, 0.15) is 13.2 Å². The quantitative estimate of drug-likeness (QED) is 0.0195. The predicted octanol–water partition coefficient (Wildman–Crippen LogP) is 24.3. The third-order valence-electron chi connectivity index (χ3n) is 16.8. The lowest BCUT2D eigenvalue weighted by Crippen LogP contribution is -2.44. The maximum atomic E-state index is 12.9. The van der Waals surface area contributed by atoms with Gasteiger partial charge in [-0.15, -0.1) is 0 Å². The molecule has 9 nitrogen and oxygen atoms in total. The molecule has 2 unspecified atom stereocenters. The molecule has 0 heterocycles. The summed E-state index contributed by atoms with van der Waals surface area (Å²) in [7, 11) is 5.91. The number of likely N-dealkylation sites (N-methyl/N-ethyl adjacent to an activating group) is 1. The van der Waals surface area contributed by atoms with Gasteiger partial charge in [-0.1, -0.05) is 339 Å². The Hall–Kier alpha value is -5.09. The zero-order valence-electron chi connectivity index (χ0n) is 63.1. The fraction of sp³-hybridized carbons (Fsp3) is 0.670. The summed E-state index contributed by atoms with van der Waals surface area (Å²) in [4.78, 5) is 37.6. The Morgan fingerprint density at radius 1 is 0.320 bits per heavy atom. The van der Waals surface area contributed by atoms with Crippen LogP contribution in [0.5, 0.6) is 0 Å². The lowest BCUT2D eigenvalue weighted by molar-refractivity contribution is -0.870. The normalized spacial score (nSPS) is 13.5. The summed E-state index contributed by atoms with van der Waals surface area (Å²) in [6, 6.07) is 0. The van der Waals surface area contributed by atoms with Crippen LogP contribution >= 0.6 is 0 Å². The second-order valence-corrected chi connectivity index (χ2v) is 27.3. The van der Waals surface area contributed by atoms with E-state index in [4.69, 9.17) is 18.9 Å². The second-order valence-electron chi connectivity index (χ2n) is 27.3. The van der Waals surface area contributed by atoms with Crippen LogP contribution in [0.2, 0.25) is 0 Å². The Morgan fingerprint density at radius 2 is 0.588 bits per heavy atom. The third kappa shape index (κ3) is 78.1. The van der Waals surface area contributed by atoms with E-state index in [0.29, 0.717) is 17.4 Å². The number of quaternary nitrogens is 1. The molecule has 0 radical (unpaired) electrons. The fourth-order valence-electron chi connectivity index (χ4n) is 10.8. The third-order valence-corrected chi connectivity index (χ3v) is 16.8. The van der Waals surface area contributed by atoms with Gasteiger partial charge >= 0.3 is 11.9 Å². The molecule has 0 aromatic rings. The minimum Gasteiger partial charge on any atom is -0.545 e. The number of hydrogen-bond donors (Lipinski definition) is 0. The lowest BCUT2D eigenvalue weighted by atomic mass is 10.0. The molecule has 0 fully saturated rings. The number of allylic oxidation sites excluding steroid dienone is 26. The van der Waals surface area contributed by atoms with Crippen molar-refractivity contribution in [3.63, 3.8) is 0 Å². The van der Waals surface area contributed by atoms with Crippen molar-refractivity contribution in [2.45, 2.75) is 334 Å². The van der Waals surface area contributed by atoms with Crippen LogP contribution in [0.4, 0.5) is 0 Å². The van der Waals surface area contributed by atoms with Crippen LogP contribution < -0.4 is 5.11 Å². The molecular weight excluding hydrogens is 1200 g/mol. The van der Waals surface area contributed by atoms with Gasteiger partial charge in [-0.25, -0.2) is 0 Å². The smallest absolute Gasteiger partial charge is 0.306 e. The van der Waals surface area contributed by atoms with Crippen molar-refractivity contribution in [1.82, 2.24) is 0 Å². The van der Waals surface area contributed by atoms with Crippen molar-refractivity contribution in [3.8, 4) is 0 Å². The first-order chi connectivity index (χ1) is 47.6. The average Bonchev–Trinajstić information content (AvgIpc) is 2.39. The molecular formula is C88H147NO8. The van der Waals surface area contributed by atoms with Crippen LogP contribution in [-0.2, 0) is 33.3 Å². The Bertz CT molecular complexity index is 2160. The van der Waals surface area contributed by atoms with Crippen molar-refractivity contribution >= 4 is 17.9 Å². The van der Waals surface area contributed by atoms with E-state index >= 15 is 0 Å². The molecule has 0 aliphatic heterocycles. The molecule has 0 N–H and O–H groups in total. The molecule has 0 aliphatic rings. The molecule has 0 bridgehead atoms. The number of ether oxygens (including phenoxy) is 4. The highest BCUT2D eigenvalue weighted by Crippen LogP contribution is 2.18. The van der Waals surface area contributed by atoms with E-state index in [0.717, 1.165) is 109 Å². The molecule has 97 heavy (non-hydrogen) atoms. The number of aliphatic carboxylic acids is 1. The molecule has 0 saturated carbocycles. The number of unbranched alkanes of at least 4 members (excludes halogenated alkanes) is 31. The summed E-state index contributed by atoms with van der Waals surface area (Å²) in [6.45, 7) is 4.60. The number of carbonyl (C=O) groups is 3. The maximum Gasteiger partial charge on any atom is 0.306 e. The predicted molar refractivity (Wildman–Crippen MR) is 416 cm³/mol. The monoisotopic (exact) mass is 1350 g/mol. The van der Waals surface area contributed by atoms with Crippen LogP contribution in [0.3, 0.4) is 0 Å². The van der Waals surface area contributed by atoms with Crippen molar-refractivity contribution < 1.29 is 42.9 Å². The standard InChI is InChI=1S/C88H147NO8/c1-6-8-10-12-14-16-18-20-22-24-26-28-30-32-34-36-38-40-41-42-43-44-45-47-49-51-53-55-57-59-61-63-65-67-69-71-73-75-77-79-86(91)97-84(83-96-88(87(92)93)94-81-80-89(3,4)5)82-95-85(90)78-76-74-72-70-68-66-64-62-60-58-56-54-52-50-48-46-39-37-35-33-31-29-27-25-23-21-19-17-15-13-11-9-7-2/h8,10,14,16,20,22,25-28,32,34,38,40,42-43,45,47,51,53,57,59,63,65,69,71,84,88H,6-7,9,11-13,15,17-19,21,23-24,29-31,33,35-37,39,41,44,46,48-50,52,54-56,58,60-62,64,66-68,70,72-83H2,1-5H3/b10-8-,16-14-,22-20-,27-25-,28-26-,34-32-,40-38-,43-42-,47-45-,53-51-,59-57-,65-63-,71-69-. The van der Waals surface area contributed by atoms with E-state index in [9.17, 15) is 19.5 Å². The van der Waals surface area contributed by atoms with Crippen molar-refractivity contribution in [2.75, 3.05) is 47.5 Å². The Kier molecular flexibility index (Phi) is 72.6. The zero-order valence-corrected chi connectivity index (χ0v) is 63.1. The van der Waals surface area contributed by atoms with Gasteiger partial charge in [-0.3, -0.25) is 9.59 Å². The molecule has 0 aromatic heterocycles. The number of rotatable bonds is 72. The highest BCUT2D eigenvalue weighted by Gasteiger charge is 2.22. The molecule has 0 aromatic carbocycles. The van der Waals surface area contributed by atoms with Crippen LogP contribution in [0, 0.1) is 0 Å². The topological polar surface area (TPSA) is 111 Å². The van der Waals surface area contributed by atoms with Crippen LogP contribution in [0.25, 0.3) is 0 Å². The first-order valence-electron chi connectivity index (χ1n) is 39.6. The van der Waals surface area contributed by atoms with Gasteiger partial charge in [-0.05, 0) is 128 Å². The van der Waals surface area contributed by atoms with Crippen LogP contribution in [0.15, 0.2) is 158 Å². The van der Waals surface area contributed by atoms with Gasteiger partial charge in [0.05, 0.1) is 40.3 Å². The van der Waals surface area contributed by atoms with Gasteiger partial charge in [0.15, 0.2) is 12.4 Å². The average molecular weight is 1350 g/mol. The molecule has 0 rings (SSSR count). The minimum absolute atomic E-state index is 0.132. The number of carboxylic acids is 1. The number of hydrogen-bond acceptors (Lipinski definition) is 8. The number of carbonyl (C=O) groups excluding carboxylic acids is 3. The van der Waals surface area contributed by atoms with Crippen molar-refractivity contribution in [2.24, 2.45) is 0 Å². The largest absolute Gasteiger partial charge is 0.545 e. The van der Waals surface area contributed by atoms with E-state index < -0.39 is 24.3 Å².